The van der Waals surface area contributed by atoms with Crippen LogP contribution in [0.4, 0.5) is 0 Å². The number of Topliss-reactive ketones (excluding diaryl/α,β-unsaturated/α-hetero) is 1. The van der Waals surface area contributed by atoms with E-state index >= 15 is 0 Å². The molecule has 0 fully saturated rings. The van der Waals surface area contributed by atoms with Gasteiger partial charge in [0.2, 0.25) is 11.6 Å². The second kappa shape index (κ2) is 9.28. The Morgan fingerprint density at radius 2 is 1.28 bits per heavy atom. The number of hydrogen-bond acceptors (Lipinski definition) is 3. The molecule has 0 unspecified atom stereocenters. The molecule has 0 radical (unpaired) electrons. The van der Waals surface area contributed by atoms with Crippen molar-refractivity contribution in [3.63, 3.8) is 0 Å². The Balaban J connectivity index is 5.03. The summed E-state index contributed by atoms with van der Waals surface area (Å²) in [5.74, 6) is -1.77. The van der Waals surface area contributed by atoms with Gasteiger partial charge in [-0.25, -0.2) is 0 Å². The number of hydrogen-bond donors (Lipinski definition) is 0. The highest BCUT2D eigenvalue weighted by molar-refractivity contribution is 6.53. The molecule has 0 aliphatic rings. The lowest BCUT2D eigenvalue weighted by Crippen LogP contribution is -2.19. The molecule has 3 nitrogen and oxygen atoms in total. The van der Waals surface area contributed by atoms with E-state index in [1.165, 1.54) is 18.2 Å². The van der Waals surface area contributed by atoms with Crippen LogP contribution in [0, 0.1) is 0 Å². The van der Waals surface area contributed by atoms with E-state index in [0.29, 0.717) is 19.3 Å². The number of carbonyl (C=O) groups excluding carboxylic acids is 3. The maximum atomic E-state index is 11.8. The average molecular weight is 248 g/mol. The molecule has 0 atom stereocenters. The fourth-order valence-corrected chi connectivity index (χ4v) is 1.26. The number of ketones is 3. The predicted molar refractivity (Wildman–Crippen MR) is 72.3 cm³/mol. The molecule has 0 aliphatic heterocycles. The van der Waals surface area contributed by atoms with E-state index in [2.05, 4.69) is 0 Å². The molecule has 0 spiro atoms. The van der Waals surface area contributed by atoms with Crippen molar-refractivity contribution >= 4 is 17.3 Å². The smallest absolute Gasteiger partial charge is 0.236 e. The summed E-state index contributed by atoms with van der Waals surface area (Å²) in [5.41, 5.74) is -0.0343. The second-order valence-corrected chi connectivity index (χ2v) is 3.70. The molecule has 0 amide bonds. The molecule has 0 bridgehead atoms. The minimum atomic E-state index is -0.729. The fourth-order valence-electron chi connectivity index (χ4n) is 1.26. The topological polar surface area (TPSA) is 51.2 Å². The van der Waals surface area contributed by atoms with Gasteiger partial charge in [0.05, 0.1) is 5.57 Å². The molecule has 18 heavy (non-hydrogen) atoms. The fraction of sp³-hybridized carbons (Fsp3) is 0.400. The van der Waals surface area contributed by atoms with E-state index in [-0.39, 0.29) is 5.57 Å². The number of rotatable bonds is 8. The molecule has 0 saturated heterocycles. The molecule has 0 aromatic rings. The third kappa shape index (κ3) is 5.53. The molecular formula is C15H20O3. The van der Waals surface area contributed by atoms with Gasteiger partial charge in [-0.15, -0.1) is 0 Å². The van der Waals surface area contributed by atoms with Crippen LogP contribution in [-0.2, 0) is 14.4 Å². The van der Waals surface area contributed by atoms with Gasteiger partial charge in [-0.3, -0.25) is 14.4 Å². The van der Waals surface area contributed by atoms with Crippen LogP contribution < -0.4 is 0 Å². The van der Waals surface area contributed by atoms with Crippen molar-refractivity contribution in [1.82, 2.24) is 0 Å². The van der Waals surface area contributed by atoms with Crippen LogP contribution in [0.5, 0.6) is 0 Å². The minimum absolute atomic E-state index is 0.0343. The van der Waals surface area contributed by atoms with E-state index in [1.54, 1.807) is 12.2 Å². The van der Waals surface area contributed by atoms with Gasteiger partial charge in [-0.2, -0.15) is 0 Å². The third-order valence-electron chi connectivity index (χ3n) is 2.15. The zero-order valence-corrected chi connectivity index (χ0v) is 11.2. The Bertz CT molecular complexity index is 398. The molecule has 98 valence electrons. The van der Waals surface area contributed by atoms with Crippen molar-refractivity contribution in [2.45, 2.75) is 40.0 Å². The third-order valence-corrected chi connectivity index (χ3v) is 2.15. The minimum Gasteiger partial charge on any atom is -0.289 e. The first-order chi connectivity index (χ1) is 8.58. The SMILES string of the molecule is CC/C=C/C(=O)C(=O)/C(=C/CC)C(=O)/C=C/CC. The van der Waals surface area contributed by atoms with Crippen LogP contribution in [0.15, 0.2) is 36.0 Å². The average Bonchev–Trinajstić information content (AvgIpc) is 2.38. The predicted octanol–water partition coefficient (Wildman–Crippen LogP) is 2.96. The normalized spacial score (nSPS) is 12.3. The van der Waals surface area contributed by atoms with Crippen LogP contribution in [0.2, 0.25) is 0 Å². The molecule has 0 rings (SSSR count). The van der Waals surface area contributed by atoms with Gasteiger partial charge in [0, 0.05) is 0 Å². The summed E-state index contributed by atoms with van der Waals surface area (Å²) in [6.45, 7) is 5.58. The molecule has 0 saturated carbocycles. The van der Waals surface area contributed by atoms with Gasteiger partial charge in [0.25, 0.3) is 0 Å². The summed E-state index contributed by atoms with van der Waals surface area (Å²) >= 11 is 0. The maximum Gasteiger partial charge on any atom is 0.236 e. The highest BCUT2D eigenvalue weighted by atomic mass is 16.2. The molecule has 0 aromatic carbocycles. The van der Waals surface area contributed by atoms with Crippen LogP contribution in [0.1, 0.15) is 40.0 Å². The summed E-state index contributed by atoms with van der Waals surface area (Å²) in [6, 6.07) is 0. The monoisotopic (exact) mass is 248 g/mol. The first-order valence-corrected chi connectivity index (χ1v) is 6.24. The van der Waals surface area contributed by atoms with Gasteiger partial charge < -0.3 is 0 Å². The summed E-state index contributed by atoms with van der Waals surface area (Å²) in [5, 5.41) is 0. The summed E-state index contributed by atoms with van der Waals surface area (Å²) in [4.78, 5) is 35.1. The summed E-state index contributed by atoms with van der Waals surface area (Å²) in [7, 11) is 0. The lowest BCUT2D eigenvalue weighted by Gasteiger charge is -1.99. The quantitative estimate of drug-likeness (QED) is 0.287. The zero-order valence-electron chi connectivity index (χ0n) is 11.2. The number of allylic oxidation sites excluding steroid dienone is 6. The Labute approximate surface area is 108 Å². The summed E-state index contributed by atoms with van der Waals surface area (Å²) in [6.07, 6.45) is 9.28. The van der Waals surface area contributed by atoms with Gasteiger partial charge >= 0.3 is 0 Å². The van der Waals surface area contributed by atoms with Crippen molar-refractivity contribution in [2.75, 3.05) is 0 Å². The molecule has 0 N–H and O–H groups in total. The molecule has 3 heteroatoms. The Hall–Kier alpha value is -1.77. The van der Waals surface area contributed by atoms with Crippen molar-refractivity contribution in [3.05, 3.63) is 36.0 Å². The van der Waals surface area contributed by atoms with E-state index in [4.69, 9.17) is 0 Å². The van der Waals surface area contributed by atoms with Crippen molar-refractivity contribution < 1.29 is 14.4 Å². The zero-order chi connectivity index (χ0) is 14.0. The molecule has 0 aliphatic carbocycles. The molecule has 0 aromatic heterocycles. The standard InChI is InChI=1S/C15H20O3/c1-4-7-10-13(16)12(9-6-3)15(18)14(17)11-8-5-2/h7-11H,4-6H2,1-3H3/b10-7+,11-8+,12-9+. The highest BCUT2D eigenvalue weighted by Crippen LogP contribution is 2.05. The molecule has 0 heterocycles. The first kappa shape index (κ1) is 16.2. The van der Waals surface area contributed by atoms with Gasteiger partial charge in [-0.1, -0.05) is 39.0 Å². The maximum absolute atomic E-state index is 11.8. The van der Waals surface area contributed by atoms with E-state index in [0.717, 1.165) is 0 Å². The van der Waals surface area contributed by atoms with Crippen LogP contribution in [0.25, 0.3) is 0 Å². The Morgan fingerprint density at radius 1 is 0.778 bits per heavy atom. The van der Waals surface area contributed by atoms with E-state index in [1.807, 2.05) is 20.8 Å². The lowest BCUT2D eigenvalue weighted by molar-refractivity contribution is -0.132. The Morgan fingerprint density at radius 3 is 1.72 bits per heavy atom. The van der Waals surface area contributed by atoms with E-state index in [9.17, 15) is 14.4 Å². The Kier molecular flexibility index (Phi) is 8.37. The summed E-state index contributed by atoms with van der Waals surface area (Å²) < 4.78 is 0. The number of carbonyl (C=O) groups is 3. The van der Waals surface area contributed by atoms with Crippen molar-refractivity contribution in [1.29, 1.82) is 0 Å². The van der Waals surface area contributed by atoms with Gasteiger partial charge in [-0.05, 0) is 31.4 Å². The second-order valence-electron chi connectivity index (χ2n) is 3.70. The van der Waals surface area contributed by atoms with Crippen LogP contribution in [0.3, 0.4) is 0 Å². The van der Waals surface area contributed by atoms with Crippen molar-refractivity contribution in [3.8, 4) is 0 Å². The largest absolute Gasteiger partial charge is 0.289 e. The van der Waals surface area contributed by atoms with Crippen LogP contribution >= 0.6 is 0 Å². The highest BCUT2D eigenvalue weighted by Gasteiger charge is 2.20. The first-order valence-electron chi connectivity index (χ1n) is 6.24. The van der Waals surface area contributed by atoms with E-state index < -0.39 is 17.3 Å². The van der Waals surface area contributed by atoms with Crippen LogP contribution in [-0.4, -0.2) is 17.3 Å². The molecular weight excluding hydrogens is 228 g/mol. The lowest BCUT2D eigenvalue weighted by atomic mass is 10.0. The van der Waals surface area contributed by atoms with Gasteiger partial charge in [0.15, 0.2) is 5.78 Å². The van der Waals surface area contributed by atoms with Gasteiger partial charge in [0.1, 0.15) is 0 Å². The van der Waals surface area contributed by atoms with Crippen molar-refractivity contribution in [2.24, 2.45) is 0 Å².